The van der Waals surface area contributed by atoms with E-state index in [-0.39, 0.29) is 29.3 Å². The highest BCUT2D eigenvalue weighted by molar-refractivity contribution is 7.09. The molecule has 1 N–H and O–H groups in total. The van der Waals surface area contributed by atoms with E-state index < -0.39 is 0 Å². The second kappa shape index (κ2) is 20.5. The number of carbonyl (C=O) groups is 1. The minimum absolute atomic E-state index is 0. The van der Waals surface area contributed by atoms with Crippen molar-refractivity contribution in [2.45, 2.75) is 104 Å². The molecule has 0 aliphatic heterocycles. The van der Waals surface area contributed by atoms with Crippen LogP contribution in [0.5, 0.6) is 11.5 Å². The average molecular weight is 646 g/mol. The van der Waals surface area contributed by atoms with E-state index in [1.54, 1.807) is 18.4 Å². The number of carbonyl (C=O) groups excluding carboxylic acids is 1. The Balaban J connectivity index is 0.00000588. The Morgan fingerprint density at radius 2 is 1.44 bits per heavy atom. The quantitative estimate of drug-likeness (QED) is 0.127. The number of hydrogen-bond acceptors (Lipinski definition) is 4. The maximum atomic E-state index is 12.7. The van der Waals surface area contributed by atoms with E-state index in [1.807, 2.05) is 30.3 Å². The fraction of sp³-hybridized carbons (Fsp3) is 0.529. The van der Waals surface area contributed by atoms with Crippen molar-refractivity contribution in [3.8, 4) is 11.5 Å². The van der Waals surface area contributed by atoms with Crippen LogP contribution in [0.15, 0.2) is 54.0 Å². The third-order valence-electron chi connectivity index (χ3n) is 7.32. The van der Waals surface area contributed by atoms with Gasteiger partial charge in [0.15, 0.2) is 24.2 Å². The van der Waals surface area contributed by atoms with Gasteiger partial charge in [0.2, 0.25) is 10.9 Å². The fourth-order valence-electron chi connectivity index (χ4n) is 4.89. The molecule has 0 fully saturated rings. The van der Waals surface area contributed by atoms with Crippen molar-refractivity contribution in [3.63, 3.8) is 0 Å². The molecule has 0 spiro atoms. The Morgan fingerprint density at radius 3 is 2.02 bits per heavy atom. The first-order valence-corrected chi connectivity index (χ1v) is 16.1. The molecule has 226 valence electrons. The summed E-state index contributed by atoms with van der Waals surface area (Å²) in [6, 6.07) is 13.8. The number of aromatic nitrogens is 1. The van der Waals surface area contributed by atoms with E-state index in [4.69, 9.17) is 9.47 Å². The summed E-state index contributed by atoms with van der Waals surface area (Å²) in [5.41, 5.74) is 2.91. The van der Waals surface area contributed by atoms with Gasteiger partial charge in [-0.05, 0) is 36.2 Å². The van der Waals surface area contributed by atoms with E-state index in [2.05, 4.69) is 47.4 Å². The number of aryl methyl sites for hydroxylation is 1. The summed E-state index contributed by atoms with van der Waals surface area (Å²) in [7, 11) is 1.65. The number of hydrogen-bond donors (Lipinski definition) is 1. The summed E-state index contributed by atoms with van der Waals surface area (Å²) in [6.45, 7) is 5.89. The molecule has 0 atom stereocenters. The highest BCUT2D eigenvalue weighted by Crippen LogP contribution is 2.29. The third-order valence-corrected chi connectivity index (χ3v) is 8.16. The van der Waals surface area contributed by atoms with Gasteiger partial charge in [-0.1, -0.05) is 107 Å². The predicted octanol–water partition coefficient (Wildman–Crippen LogP) is 5.67. The number of amides is 1. The monoisotopic (exact) mass is 644 g/mol. The number of rotatable bonds is 20. The molecule has 3 rings (SSSR count). The van der Waals surface area contributed by atoms with Gasteiger partial charge in [-0.25, -0.2) is 0 Å². The summed E-state index contributed by atoms with van der Waals surface area (Å²) in [6.07, 6.45) is 18.2. The van der Waals surface area contributed by atoms with E-state index in [9.17, 15) is 4.79 Å². The van der Waals surface area contributed by atoms with Gasteiger partial charge in [-0.3, -0.25) is 4.79 Å². The number of halogens is 1. The molecule has 3 aromatic rings. The van der Waals surface area contributed by atoms with Crippen LogP contribution in [-0.4, -0.2) is 19.6 Å². The maximum Gasteiger partial charge on any atom is 0.234 e. The number of benzene rings is 2. The third kappa shape index (κ3) is 13.4. The average Bonchev–Trinajstić information content (AvgIpc) is 3.36. The van der Waals surface area contributed by atoms with Crippen molar-refractivity contribution in [1.82, 2.24) is 0 Å². The lowest BCUT2D eigenvalue weighted by molar-refractivity contribution is -0.689. The molecule has 0 saturated heterocycles. The molecular weight excluding hydrogens is 596 g/mol. The SMILES string of the molecule is CCCCCCCCCCCCCCOc1cc(CC(=O)Nc2ccc(C[n+]3ccsc3C)cc2)ccc1OC.[Br-]. The maximum absolute atomic E-state index is 12.7. The van der Waals surface area contributed by atoms with Crippen LogP contribution in [0.3, 0.4) is 0 Å². The second-order valence-electron chi connectivity index (χ2n) is 10.7. The minimum Gasteiger partial charge on any atom is -1.00 e. The van der Waals surface area contributed by atoms with E-state index in [0.717, 1.165) is 24.2 Å². The first-order chi connectivity index (χ1) is 19.6. The Morgan fingerprint density at radius 1 is 0.829 bits per heavy atom. The zero-order chi connectivity index (χ0) is 28.4. The Labute approximate surface area is 262 Å². The van der Waals surface area contributed by atoms with Gasteiger partial charge in [0.05, 0.1) is 25.5 Å². The van der Waals surface area contributed by atoms with E-state index in [1.165, 1.54) is 81.2 Å². The first kappa shape index (κ1) is 34.8. The van der Waals surface area contributed by atoms with Gasteiger partial charge >= 0.3 is 0 Å². The highest BCUT2D eigenvalue weighted by Gasteiger charge is 2.11. The molecule has 41 heavy (non-hydrogen) atoms. The fourth-order valence-corrected chi connectivity index (χ4v) is 5.55. The van der Waals surface area contributed by atoms with Gasteiger partial charge in [-0.15, -0.1) is 0 Å². The molecule has 1 amide bonds. The van der Waals surface area contributed by atoms with Crippen molar-refractivity contribution < 1.29 is 35.8 Å². The molecule has 0 radical (unpaired) electrons. The number of methoxy groups -OCH3 is 1. The number of unbranched alkanes of at least 4 members (excludes halogenated alkanes) is 11. The Kier molecular flexibility index (Phi) is 17.4. The zero-order valence-corrected chi connectivity index (χ0v) is 27.7. The van der Waals surface area contributed by atoms with E-state index in [0.29, 0.717) is 18.1 Å². The molecule has 2 aromatic carbocycles. The predicted molar refractivity (Wildman–Crippen MR) is 167 cm³/mol. The number of nitrogens with zero attached hydrogens (tertiary/aromatic N) is 1. The van der Waals surface area contributed by atoms with Crippen molar-refractivity contribution >= 4 is 22.9 Å². The van der Waals surface area contributed by atoms with E-state index >= 15 is 0 Å². The summed E-state index contributed by atoms with van der Waals surface area (Å²) in [4.78, 5) is 12.7. The summed E-state index contributed by atoms with van der Waals surface area (Å²) in [5, 5.41) is 6.38. The summed E-state index contributed by atoms with van der Waals surface area (Å²) in [5.74, 6) is 1.37. The molecule has 0 aliphatic rings. The van der Waals surface area contributed by atoms with Crippen LogP contribution in [0.25, 0.3) is 0 Å². The molecular formula is C34H49BrN2O3S. The van der Waals surface area contributed by atoms with Gasteiger partial charge in [0, 0.05) is 18.2 Å². The number of ether oxygens (including phenoxy) is 2. The van der Waals surface area contributed by atoms with Crippen LogP contribution in [-0.2, 0) is 17.8 Å². The topological polar surface area (TPSA) is 51.4 Å². The molecule has 0 saturated carbocycles. The van der Waals surface area contributed by atoms with Crippen LogP contribution in [0.2, 0.25) is 0 Å². The molecule has 0 bridgehead atoms. The Bertz CT molecular complexity index is 1130. The van der Waals surface area contributed by atoms with Crippen LogP contribution in [0, 0.1) is 6.92 Å². The molecule has 7 heteroatoms. The normalized spacial score (nSPS) is 10.7. The summed E-state index contributed by atoms with van der Waals surface area (Å²) < 4.78 is 13.8. The molecule has 1 aromatic heterocycles. The standard InChI is InChI=1S/C34H48N2O3S.BrH/c1-4-5-6-7-8-9-10-11-12-13-14-15-23-39-33-25-30(18-21-32(33)38-3)26-34(37)35-31-19-16-29(17-20-31)27-36-22-24-40-28(36)2;/h16-22,24-25H,4-15,23,26-27H2,1-3H3;1H. The van der Waals surface area contributed by atoms with Gasteiger partial charge in [0.1, 0.15) is 0 Å². The first-order valence-electron chi connectivity index (χ1n) is 15.2. The van der Waals surface area contributed by atoms with Crippen molar-refractivity contribution in [3.05, 3.63) is 70.2 Å². The highest BCUT2D eigenvalue weighted by atomic mass is 79.9. The minimum atomic E-state index is -0.0483. The largest absolute Gasteiger partial charge is 1.00 e. The molecule has 1 heterocycles. The second-order valence-corrected chi connectivity index (χ2v) is 11.8. The lowest BCUT2D eigenvalue weighted by Crippen LogP contribution is -3.00. The zero-order valence-electron chi connectivity index (χ0n) is 25.3. The lowest BCUT2D eigenvalue weighted by Gasteiger charge is -2.13. The van der Waals surface area contributed by atoms with Crippen LogP contribution in [0.4, 0.5) is 5.69 Å². The van der Waals surface area contributed by atoms with Crippen molar-refractivity contribution in [2.24, 2.45) is 0 Å². The van der Waals surface area contributed by atoms with Gasteiger partial charge in [-0.2, -0.15) is 4.57 Å². The van der Waals surface area contributed by atoms with Crippen molar-refractivity contribution in [2.75, 3.05) is 19.0 Å². The number of anilines is 1. The number of nitrogens with one attached hydrogen (secondary N) is 1. The van der Waals surface area contributed by atoms with Crippen LogP contribution < -0.4 is 36.3 Å². The van der Waals surface area contributed by atoms with Crippen LogP contribution >= 0.6 is 11.3 Å². The van der Waals surface area contributed by atoms with Crippen molar-refractivity contribution in [1.29, 1.82) is 0 Å². The van der Waals surface area contributed by atoms with Gasteiger partial charge < -0.3 is 31.8 Å². The van der Waals surface area contributed by atoms with Crippen LogP contribution in [0.1, 0.15) is 100 Å². The molecule has 5 nitrogen and oxygen atoms in total. The summed E-state index contributed by atoms with van der Waals surface area (Å²) >= 11 is 1.74. The molecule has 0 aliphatic carbocycles. The smallest absolute Gasteiger partial charge is 0.234 e. The number of thiazole rings is 1. The van der Waals surface area contributed by atoms with Gasteiger partial charge in [0.25, 0.3) is 0 Å². The molecule has 0 unspecified atom stereocenters. The Hall–Kier alpha value is -2.38. The lowest BCUT2D eigenvalue weighted by atomic mass is 10.1.